The monoisotopic (exact) mass is 471 g/mol. The van der Waals surface area contributed by atoms with E-state index in [-0.39, 0.29) is 30.0 Å². The summed E-state index contributed by atoms with van der Waals surface area (Å²) in [6.45, 7) is 2.53. The third-order valence-corrected chi connectivity index (χ3v) is 4.60. The lowest BCUT2D eigenvalue weighted by molar-refractivity contribution is -0.383. The predicted octanol–water partition coefficient (Wildman–Crippen LogP) is 4.17. The van der Waals surface area contributed by atoms with Crippen LogP contribution in [0.5, 0.6) is 5.75 Å². The third kappa shape index (κ3) is 6.57. The number of aromatic nitrogens is 2. The Morgan fingerprint density at radius 2 is 1.91 bits per heavy atom. The van der Waals surface area contributed by atoms with E-state index in [2.05, 4.69) is 20.0 Å². The largest absolute Gasteiger partial charge is 0.573 e. The maximum absolute atomic E-state index is 12.3. The van der Waals surface area contributed by atoms with E-state index in [0.717, 1.165) is 18.5 Å². The summed E-state index contributed by atoms with van der Waals surface area (Å²) in [6.07, 6.45) is -3.98. The van der Waals surface area contributed by atoms with Crippen LogP contribution in [0.3, 0.4) is 0 Å². The number of benzene rings is 1. The number of nitrogens with one attached hydrogen (secondary N) is 1. The van der Waals surface area contributed by atoms with Gasteiger partial charge in [-0.3, -0.25) is 10.1 Å². The van der Waals surface area contributed by atoms with Gasteiger partial charge < -0.3 is 24.4 Å². The lowest BCUT2D eigenvalue weighted by Crippen LogP contribution is -2.38. The molecule has 1 aliphatic rings. The second-order valence-corrected chi connectivity index (χ2v) is 6.84. The van der Waals surface area contributed by atoms with E-state index in [1.54, 1.807) is 11.8 Å². The van der Waals surface area contributed by atoms with Crippen LogP contribution in [0.25, 0.3) is 0 Å². The fourth-order valence-electron chi connectivity index (χ4n) is 3.21. The smallest absolute Gasteiger partial charge is 0.435 e. The van der Waals surface area contributed by atoms with Gasteiger partial charge in [-0.2, -0.15) is 0 Å². The molecule has 1 aromatic carbocycles. The van der Waals surface area contributed by atoms with E-state index in [1.807, 2.05) is 0 Å². The second-order valence-electron chi connectivity index (χ2n) is 6.84. The lowest BCUT2D eigenvalue weighted by atomic mass is 10.1. The fourth-order valence-corrected chi connectivity index (χ4v) is 3.21. The third-order valence-electron chi connectivity index (χ3n) is 4.60. The van der Waals surface area contributed by atoms with Crippen molar-refractivity contribution in [1.82, 2.24) is 9.97 Å². The van der Waals surface area contributed by atoms with Gasteiger partial charge in [0, 0.05) is 31.6 Å². The zero-order chi connectivity index (χ0) is 24.0. The van der Waals surface area contributed by atoms with Crippen LogP contribution >= 0.6 is 0 Å². The Hall–Kier alpha value is -3.84. The van der Waals surface area contributed by atoms with Gasteiger partial charge in [-0.25, -0.2) is 14.8 Å². The first-order valence-electron chi connectivity index (χ1n) is 9.87. The molecule has 1 saturated heterocycles. The summed E-state index contributed by atoms with van der Waals surface area (Å²) in [5.74, 6) is -0.484. The van der Waals surface area contributed by atoms with Crippen molar-refractivity contribution in [2.24, 2.45) is 0 Å². The van der Waals surface area contributed by atoms with Crippen LogP contribution < -0.4 is 15.0 Å². The molecule has 2 aromatic rings. The summed E-state index contributed by atoms with van der Waals surface area (Å²) in [5, 5.41) is 14.5. The maximum Gasteiger partial charge on any atom is 0.573 e. The van der Waals surface area contributed by atoms with Crippen LogP contribution in [0.15, 0.2) is 30.6 Å². The van der Waals surface area contributed by atoms with Gasteiger partial charge in [0.25, 0.3) is 0 Å². The molecule has 1 N–H and O–H groups in total. The average Bonchev–Trinajstić information content (AvgIpc) is 2.74. The van der Waals surface area contributed by atoms with Crippen LogP contribution in [0.1, 0.15) is 19.8 Å². The van der Waals surface area contributed by atoms with Crippen LogP contribution in [0, 0.1) is 10.1 Å². The Morgan fingerprint density at radius 1 is 1.24 bits per heavy atom. The summed E-state index contributed by atoms with van der Waals surface area (Å²) in [4.78, 5) is 32.3. The first-order chi connectivity index (χ1) is 15.7. The number of carbonyl (C=O) groups is 1. The van der Waals surface area contributed by atoms with Gasteiger partial charge in [-0.15, -0.1) is 13.2 Å². The molecule has 0 spiro atoms. The van der Waals surface area contributed by atoms with Crippen LogP contribution in [0.2, 0.25) is 0 Å². The molecule has 2 heterocycles. The first-order valence-corrected chi connectivity index (χ1v) is 9.87. The molecule has 1 aliphatic heterocycles. The Bertz CT molecular complexity index is 981. The number of rotatable bonds is 7. The Kier molecular flexibility index (Phi) is 7.35. The van der Waals surface area contributed by atoms with Crippen molar-refractivity contribution in [2.75, 3.05) is 29.9 Å². The van der Waals surface area contributed by atoms with Crippen molar-refractivity contribution in [3.8, 4) is 5.75 Å². The molecule has 3 rings (SSSR count). The zero-order valence-electron chi connectivity index (χ0n) is 17.4. The minimum Gasteiger partial charge on any atom is -0.435 e. The molecule has 0 atom stereocenters. The molecule has 0 bridgehead atoms. The van der Waals surface area contributed by atoms with Crippen LogP contribution in [0.4, 0.5) is 41.0 Å². The fraction of sp³-hybridized carbons (Fsp3) is 0.421. The Labute approximate surface area is 185 Å². The van der Waals surface area contributed by atoms with E-state index in [4.69, 9.17) is 9.47 Å². The maximum atomic E-state index is 12.3. The number of ether oxygens (including phenoxy) is 3. The molecule has 1 aromatic heterocycles. The minimum atomic E-state index is -4.83. The molecule has 0 amide bonds. The number of halogens is 3. The summed E-state index contributed by atoms with van der Waals surface area (Å²) in [6, 6.07) is 4.67. The standard InChI is InChI=1S/C19H20F3N5O6/c1-2-31-18(28)32-13-7-9-26(10-8-13)17-15(27(29)30)16(23-11-24-17)25-12-3-5-14(6-4-12)33-19(20,21)22/h3-6,11,13H,2,7-10H2,1H3,(H,23,24,25). The SMILES string of the molecule is CCOC(=O)OC1CCN(c2ncnc(Nc3ccc(OC(F)(F)F)cc3)c2[N+](=O)[O-])CC1. The number of hydrogen-bond donors (Lipinski definition) is 1. The molecule has 14 heteroatoms. The van der Waals surface area contributed by atoms with Gasteiger partial charge in [-0.05, 0) is 31.2 Å². The van der Waals surface area contributed by atoms with Gasteiger partial charge in [0.1, 0.15) is 18.2 Å². The average molecular weight is 471 g/mol. The van der Waals surface area contributed by atoms with E-state index in [9.17, 15) is 28.1 Å². The number of hydrogen-bond acceptors (Lipinski definition) is 10. The highest BCUT2D eigenvalue weighted by molar-refractivity contribution is 5.74. The van der Waals surface area contributed by atoms with E-state index in [0.29, 0.717) is 25.9 Å². The normalized spacial score (nSPS) is 14.5. The number of carbonyl (C=O) groups excluding carboxylic acids is 1. The van der Waals surface area contributed by atoms with Crippen molar-refractivity contribution in [3.63, 3.8) is 0 Å². The molecule has 33 heavy (non-hydrogen) atoms. The molecular weight excluding hydrogens is 451 g/mol. The molecule has 1 fully saturated rings. The molecule has 178 valence electrons. The molecule has 0 radical (unpaired) electrons. The molecule has 11 nitrogen and oxygen atoms in total. The molecular formula is C19H20F3N5O6. The quantitative estimate of drug-likeness (QED) is 0.357. The lowest BCUT2D eigenvalue weighted by Gasteiger charge is -2.31. The number of anilines is 3. The van der Waals surface area contributed by atoms with Crippen molar-refractivity contribution in [1.29, 1.82) is 0 Å². The van der Waals surface area contributed by atoms with Crippen LogP contribution in [-0.2, 0) is 9.47 Å². The Morgan fingerprint density at radius 3 is 2.48 bits per heavy atom. The topological polar surface area (TPSA) is 129 Å². The van der Waals surface area contributed by atoms with E-state index in [1.165, 1.54) is 12.1 Å². The highest BCUT2D eigenvalue weighted by Gasteiger charge is 2.32. The first kappa shape index (κ1) is 23.8. The summed E-state index contributed by atoms with van der Waals surface area (Å²) < 4.78 is 50.7. The van der Waals surface area contributed by atoms with Gasteiger partial charge in [-0.1, -0.05) is 0 Å². The predicted molar refractivity (Wildman–Crippen MR) is 108 cm³/mol. The number of nitrogens with zero attached hydrogens (tertiary/aromatic N) is 4. The summed E-state index contributed by atoms with van der Waals surface area (Å²) >= 11 is 0. The highest BCUT2D eigenvalue weighted by Crippen LogP contribution is 2.35. The number of alkyl halides is 3. The molecule has 0 aliphatic carbocycles. The van der Waals surface area contributed by atoms with Gasteiger partial charge in [0.2, 0.25) is 11.6 Å². The van der Waals surface area contributed by atoms with Gasteiger partial charge in [0.15, 0.2) is 0 Å². The molecule has 0 saturated carbocycles. The molecule has 0 unspecified atom stereocenters. The summed E-state index contributed by atoms with van der Waals surface area (Å²) in [5.41, 5.74) is -0.128. The van der Waals surface area contributed by atoms with Crippen LogP contribution in [-0.4, -0.2) is 53.2 Å². The van der Waals surface area contributed by atoms with Crippen molar-refractivity contribution < 1.29 is 37.1 Å². The minimum absolute atomic E-state index is 0.0732. The van der Waals surface area contributed by atoms with Gasteiger partial charge >= 0.3 is 18.2 Å². The summed E-state index contributed by atoms with van der Waals surface area (Å²) in [7, 11) is 0. The van der Waals surface area contributed by atoms with Crippen molar-refractivity contribution in [3.05, 3.63) is 40.7 Å². The Balaban J connectivity index is 1.73. The number of piperidine rings is 1. The highest BCUT2D eigenvalue weighted by atomic mass is 19.4. The second kappa shape index (κ2) is 10.2. The van der Waals surface area contributed by atoms with E-state index >= 15 is 0 Å². The van der Waals surface area contributed by atoms with Crippen molar-refractivity contribution >= 4 is 29.2 Å². The van der Waals surface area contributed by atoms with Crippen molar-refractivity contribution in [2.45, 2.75) is 32.2 Å². The number of nitro groups is 1. The van der Waals surface area contributed by atoms with E-state index < -0.39 is 28.9 Å². The van der Waals surface area contributed by atoms with Gasteiger partial charge in [0.05, 0.1) is 11.5 Å². The zero-order valence-corrected chi connectivity index (χ0v) is 17.4.